The maximum Gasteiger partial charge on any atom is 0.332 e. The zero-order valence-corrected chi connectivity index (χ0v) is 8.12. The zero-order valence-electron chi connectivity index (χ0n) is 8.12. The summed E-state index contributed by atoms with van der Waals surface area (Å²) in [6.07, 6.45) is -1.03. The molecule has 0 aromatic rings. The molecule has 6 heteroatoms. The lowest BCUT2D eigenvalue weighted by atomic mass is 10.2. The molecule has 6 nitrogen and oxygen atoms in total. The molecule has 4 N–H and O–H groups in total. The van der Waals surface area contributed by atoms with E-state index in [4.69, 9.17) is 10.2 Å². The molecule has 0 aliphatic carbocycles. The number of aliphatic hydroxyl groups is 1. The Balaban J connectivity index is 3.44. The van der Waals surface area contributed by atoms with Crippen molar-refractivity contribution in [2.24, 2.45) is 0 Å². The van der Waals surface area contributed by atoms with Gasteiger partial charge in [0.2, 0.25) is 5.91 Å². The molecule has 0 spiro atoms. The summed E-state index contributed by atoms with van der Waals surface area (Å²) in [5.74, 6) is -1.42. The van der Waals surface area contributed by atoms with Crippen molar-refractivity contribution < 1.29 is 19.8 Å². The van der Waals surface area contributed by atoms with Gasteiger partial charge in [-0.15, -0.1) is 0 Å². The van der Waals surface area contributed by atoms with Crippen molar-refractivity contribution in [3.8, 4) is 0 Å². The average molecular weight is 204 g/mol. The third kappa shape index (κ3) is 6.38. The first-order valence-electron chi connectivity index (χ1n) is 4.40. The van der Waals surface area contributed by atoms with Crippen LogP contribution in [-0.2, 0) is 9.59 Å². The van der Waals surface area contributed by atoms with Gasteiger partial charge in [-0.3, -0.25) is 4.79 Å². The van der Waals surface area contributed by atoms with E-state index >= 15 is 0 Å². The van der Waals surface area contributed by atoms with Crippen LogP contribution in [0.25, 0.3) is 0 Å². The van der Waals surface area contributed by atoms with Gasteiger partial charge in [0.15, 0.2) is 6.10 Å². The van der Waals surface area contributed by atoms with E-state index < -0.39 is 12.1 Å². The number of rotatable bonds is 7. The van der Waals surface area contributed by atoms with E-state index in [0.717, 1.165) is 0 Å². The summed E-state index contributed by atoms with van der Waals surface area (Å²) in [4.78, 5) is 21.1. The van der Waals surface area contributed by atoms with E-state index in [-0.39, 0.29) is 18.9 Å². The maximum atomic E-state index is 11.0. The summed E-state index contributed by atoms with van der Waals surface area (Å²) in [6, 6.07) is 0. The second-order valence-corrected chi connectivity index (χ2v) is 2.85. The third-order valence-electron chi connectivity index (χ3n) is 1.63. The van der Waals surface area contributed by atoms with Crippen LogP contribution in [0.1, 0.15) is 12.8 Å². The monoisotopic (exact) mass is 204 g/mol. The molecule has 1 atom stereocenters. The van der Waals surface area contributed by atoms with Crippen molar-refractivity contribution in [3.63, 3.8) is 0 Å². The predicted octanol–water partition coefficient (Wildman–Crippen LogP) is -1.45. The van der Waals surface area contributed by atoms with Crippen LogP contribution in [0, 0.1) is 0 Å². The summed E-state index contributed by atoms with van der Waals surface area (Å²) in [7, 11) is 1.74. The quantitative estimate of drug-likeness (QED) is 0.406. The Hall–Kier alpha value is -1.14. The first-order chi connectivity index (χ1) is 6.57. The van der Waals surface area contributed by atoms with Gasteiger partial charge < -0.3 is 20.8 Å². The second-order valence-electron chi connectivity index (χ2n) is 2.85. The van der Waals surface area contributed by atoms with Gasteiger partial charge in [-0.1, -0.05) is 0 Å². The average Bonchev–Trinajstić information content (AvgIpc) is 2.14. The van der Waals surface area contributed by atoms with Crippen LogP contribution in [0.15, 0.2) is 0 Å². The Morgan fingerprint density at radius 3 is 2.50 bits per heavy atom. The smallest absolute Gasteiger partial charge is 0.332 e. The molecule has 0 radical (unpaired) electrons. The van der Waals surface area contributed by atoms with E-state index in [1.807, 2.05) is 0 Å². The van der Waals surface area contributed by atoms with Gasteiger partial charge in [-0.25, -0.2) is 4.79 Å². The lowest BCUT2D eigenvalue weighted by Crippen LogP contribution is -2.31. The Morgan fingerprint density at radius 2 is 2.00 bits per heavy atom. The van der Waals surface area contributed by atoms with Crippen molar-refractivity contribution in [2.45, 2.75) is 18.9 Å². The number of carbonyl (C=O) groups excluding carboxylic acids is 1. The topological polar surface area (TPSA) is 98.7 Å². The number of carboxylic acids is 1. The molecule has 0 bridgehead atoms. The molecule has 0 unspecified atom stereocenters. The first-order valence-corrected chi connectivity index (χ1v) is 4.40. The van der Waals surface area contributed by atoms with Gasteiger partial charge in [-0.05, 0) is 7.05 Å². The summed E-state index contributed by atoms with van der Waals surface area (Å²) >= 11 is 0. The fourth-order valence-electron chi connectivity index (χ4n) is 0.799. The molecule has 0 heterocycles. The predicted molar refractivity (Wildman–Crippen MR) is 49.8 cm³/mol. The summed E-state index contributed by atoms with van der Waals surface area (Å²) in [5, 5.41) is 22.5. The fourth-order valence-corrected chi connectivity index (χ4v) is 0.799. The Morgan fingerprint density at radius 1 is 1.36 bits per heavy atom. The molecular weight excluding hydrogens is 188 g/mol. The van der Waals surface area contributed by atoms with Gasteiger partial charge in [-0.2, -0.15) is 0 Å². The van der Waals surface area contributed by atoms with Gasteiger partial charge in [0.25, 0.3) is 0 Å². The molecule has 82 valence electrons. The van der Waals surface area contributed by atoms with Crippen molar-refractivity contribution in [2.75, 3.05) is 20.1 Å². The molecule has 0 rings (SSSR count). The minimum Gasteiger partial charge on any atom is -0.479 e. The van der Waals surface area contributed by atoms with E-state index in [0.29, 0.717) is 13.0 Å². The minimum absolute atomic E-state index is 0.0284. The number of nitrogens with one attached hydrogen (secondary N) is 2. The lowest BCUT2D eigenvalue weighted by Gasteiger charge is -2.06. The Bertz CT molecular complexity index is 196. The summed E-state index contributed by atoms with van der Waals surface area (Å²) < 4.78 is 0. The van der Waals surface area contributed by atoms with Crippen molar-refractivity contribution >= 4 is 11.9 Å². The molecular formula is C8H16N2O4. The third-order valence-corrected chi connectivity index (χ3v) is 1.63. The fraction of sp³-hybridized carbons (Fsp3) is 0.750. The van der Waals surface area contributed by atoms with Crippen LogP contribution in [0.5, 0.6) is 0 Å². The highest BCUT2D eigenvalue weighted by atomic mass is 16.4. The first kappa shape index (κ1) is 12.9. The van der Waals surface area contributed by atoms with Crippen molar-refractivity contribution in [1.82, 2.24) is 10.6 Å². The number of aliphatic hydroxyl groups excluding tert-OH is 1. The van der Waals surface area contributed by atoms with Gasteiger partial charge >= 0.3 is 5.97 Å². The van der Waals surface area contributed by atoms with E-state index in [2.05, 4.69) is 10.6 Å². The van der Waals surface area contributed by atoms with Crippen LogP contribution in [0.3, 0.4) is 0 Å². The highest BCUT2D eigenvalue weighted by molar-refractivity contribution is 5.76. The van der Waals surface area contributed by atoms with Crippen LogP contribution < -0.4 is 10.6 Å². The number of carbonyl (C=O) groups is 2. The number of hydrogen-bond acceptors (Lipinski definition) is 4. The van der Waals surface area contributed by atoms with Crippen LogP contribution in [0.2, 0.25) is 0 Å². The highest BCUT2D eigenvalue weighted by Crippen LogP contribution is 1.89. The molecule has 0 aliphatic rings. The standard InChI is InChI=1S/C8H16N2O4/c1-9-4-3-7(12)10-5-2-6(11)8(13)14/h6,9,11H,2-5H2,1H3,(H,10,12)(H,13,14)/t6-/m0/s1. The molecule has 0 fully saturated rings. The summed E-state index contributed by atoms with van der Waals surface area (Å²) in [5.41, 5.74) is 0. The number of hydrogen-bond donors (Lipinski definition) is 4. The van der Waals surface area contributed by atoms with Gasteiger partial charge in [0, 0.05) is 25.9 Å². The molecule has 0 saturated heterocycles. The van der Waals surface area contributed by atoms with Gasteiger partial charge in [0.1, 0.15) is 0 Å². The van der Waals surface area contributed by atoms with Crippen molar-refractivity contribution in [3.05, 3.63) is 0 Å². The lowest BCUT2D eigenvalue weighted by molar-refractivity contribution is -0.147. The zero-order chi connectivity index (χ0) is 11.0. The van der Waals surface area contributed by atoms with Crippen LogP contribution in [0.4, 0.5) is 0 Å². The number of amides is 1. The van der Waals surface area contributed by atoms with Crippen molar-refractivity contribution in [1.29, 1.82) is 0 Å². The molecule has 0 aromatic heterocycles. The normalized spacial score (nSPS) is 12.1. The SMILES string of the molecule is CNCCC(=O)NCC[C@H](O)C(=O)O. The minimum atomic E-state index is -1.40. The second kappa shape index (κ2) is 7.28. The van der Waals surface area contributed by atoms with E-state index in [9.17, 15) is 9.59 Å². The van der Waals surface area contributed by atoms with E-state index in [1.165, 1.54) is 0 Å². The van der Waals surface area contributed by atoms with Gasteiger partial charge in [0.05, 0.1) is 0 Å². The number of aliphatic carboxylic acids is 1. The maximum absolute atomic E-state index is 11.0. The van der Waals surface area contributed by atoms with Crippen LogP contribution in [-0.4, -0.2) is 48.3 Å². The van der Waals surface area contributed by atoms with Crippen LogP contribution >= 0.6 is 0 Å². The highest BCUT2D eigenvalue weighted by Gasteiger charge is 2.12. The molecule has 14 heavy (non-hydrogen) atoms. The Kier molecular flexibility index (Phi) is 6.69. The Labute approximate surface area is 82.3 Å². The molecule has 1 amide bonds. The molecule has 0 aromatic carbocycles. The summed E-state index contributed by atoms with van der Waals surface area (Å²) in [6.45, 7) is 0.753. The molecule has 0 saturated carbocycles. The molecule has 0 aliphatic heterocycles. The largest absolute Gasteiger partial charge is 0.479 e. The number of carboxylic acid groups (broad SMARTS) is 1. The van der Waals surface area contributed by atoms with E-state index in [1.54, 1.807) is 7.05 Å².